The van der Waals surface area contributed by atoms with Crippen molar-refractivity contribution < 1.29 is 4.79 Å². The second kappa shape index (κ2) is 4.73. The van der Waals surface area contributed by atoms with Gasteiger partial charge >= 0.3 is 0 Å². The molecule has 0 bridgehead atoms. The van der Waals surface area contributed by atoms with E-state index in [1.165, 1.54) is 11.3 Å². The van der Waals surface area contributed by atoms with Gasteiger partial charge in [-0.2, -0.15) is 5.26 Å². The summed E-state index contributed by atoms with van der Waals surface area (Å²) < 4.78 is 0.841. The Morgan fingerprint density at radius 3 is 2.93 bits per heavy atom. The molecule has 1 rings (SSSR count). The van der Waals surface area contributed by atoms with E-state index in [1.807, 2.05) is 6.07 Å². The maximum atomic E-state index is 11.7. The lowest BCUT2D eigenvalue weighted by molar-refractivity contribution is -0.122. The van der Waals surface area contributed by atoms with E-state index in [0.717, 1.165) is 3.79 Å². The molecule has 1 heterocycles. The molecular weight excluding hydrogens is 278 g/mol. The number of hydrogen-bond donors (Lipinski definition) is 1. The number of anilines is 1. The number of nitrogens with zero attached hydrogens (tertiary/aromatic N) is 2. The number of carbonyl (C=O) groups is 1. The van der Waals surface area contributed by atoms with Crippen LogP contribution in [0.5, 0.6) is 0 Å². The summed E-state index contributed by atoms with van der Waals surface area (Å²) in [7, 11) is 0. The van der Waals surface area contributed by atoms with Crippen molar-refractivity contribution in [3.63, 3.8) is 0 Å². The van der Waals surface area contributed by atoms with E-state index in [0.29, 0.717) is 11.6 Å². The summed E-state index contributed by atoms with van der Waals surface area (Å²) in [5, 5.41) is 12.0. The van der Waals surface area contributed by atoms with Gasteiger partial charge in [0.1, 0.15) is 5.41 Å². The first-order valence-corrected chi connectivity index (χ1v) is 5.97. The molecular formula is C9H10BrN3OS. The van der Waals surface area contributed by atoms with Crippen LogP contribution >= 0.6 is 27.3 Å². The van der Waals surface area contributed by atoms with E-state index in [2.05, 4.69) is 26.2 Å². The second-order valence-electron chi connectivity index (χ2n) is 3.22. The van der Waals surface area contributed by atoms with Crippen molar-refractivity contribution in [3.8, 4) is 6.07 Å². The van der Waals surface area contributed by atoms with Crippen molar-refractivity contribution >= 4 is 38.3 Å². The number of halogens is 1. The molecule has 0 aliphatic rings. The van der Waals surface area contributed by atoms with Crippen LogP contribution in [-0.2, 0) is 4.79 Å². The molecule has 1 atom stereocenters. The van der Waals surface area contributed by atoms with Crippen molar-refractivity contribution in [2.75, 3.05) is 5.32 Å². The Labute approximate surface area is 100 Å². The van der Waals surface area contributed by atoms with E-state index < -0.39 is 5.41 Å². The van der Waals surface area contributed by atoms with E-state index in [1.54, 1.807) is 20.0 Å². The summed E-state index contributed by atoms with van der Waals surface area (Å²) in [4.78, 5) is 15.7. The monoisotopic (exact) mass is 287 g/mol. The summed E-state index contributed by atoms with van der Waals surface area (Å²) in [6.45, 7) is 3.42. The van der Waals surface area contributed by atoms with Crippen LogP contribution < -0.4 is 5.32 Å². The molecule has 0 saturated carbocycles. The van der Waals surface area contributed by atoms with Crippen molar-refractivity contribution in [3.05, 3.63) is 9.98 Å². The average Bonchev–Trinajstić information content (AvgIpc) is 2.62. The maximum Gasteiger partial charge on any atom is 0.246 e. The Kier molecular flexibility index (Phi) is 3.83. The van der Waals surface area contributed by atoms with Gasteiger partial charge in [-0.05, 0) is 29.3 Å². The van der Waals surface area contributed by atoms with Gasteiger partial charge in [0.15, 0.2) is 5.13 Å². The summed E-state index contributed by atoms with van der Waals surface area (Å²) in [6.07, 6.45) is 2.08. The van der Waals surface area contributed by atoms with Gasteiger partial charge in [-0.3, -0.25) is 4.79 Å². The third kappa shape index (κ3) is 2.76. The first-order valence-electron chi connectivity index (χ1n) is 4.36. The standard InChI is InChI=1S/C9H10BrN3OS/c1-3-9(2,5-11)7(14)13-8-12-4-6(10)15-8/h4H,3H2,1-2H3,(H,12,13,14). The largest absolute Gasteiger partial charge is 0.301 e. The number of nitriles is 1. The number of rotatable bonds is 3. The zero-order valence-corrected chi connectivity index (χ0v) is 10.8. The molecule has 1 amide bonds. The number of aromatic nitrogens is 1. The Hall–Kier alpha value is -0.930. The highest BCUT2D eigenvalue weighted by molar-refractivity contribution is 9.11. The maximum absolute atomic E-state index is 11.7. The molecule has 4 nitrogen and oxygen atoms in total. The van der Waals surface area contributed by atoms with Gasteiger partial charge in [0, 0.05) is 0 Å². The third-order valence-electron chi connectivity index (χ3n) is 2.15. The van der Waals surface area contributed by atoms with E-state index >= 15 is 0 Å². The van der Waals surface area contributed by atoms with Gasteiger partial charge in [0.2, 0.25) is 5.91 Å². The number of amides is 1. The lowest BCUT2D eigenvalue weighted by atomic mass is 9.88. The highest BCUT2D eigenvalue weighted by Crippen LogP contribution is 2.26. The first-order chi connectivity index (χ1) is 7.01. The van der Waals surface area contributed by atoms with Crippen molar-refractivity contribution in [1.82, 2.24) is 4.98 Å². The normalized spacial score (nSPS) is 14.0. The van der Waals surface area contributed by atoms with E-state index in [9.17, 15) is 4.79 Å². The fourth-order valence-electron chi connectivity index (χ4n) is 0.838. The number of carbonyl (C=O) groups excluding carboxylic acids is 1. The van der Waals surface area contributed by atoms with Crippen LogP contribution in [0.1, 0.15) is 20.3 Å². The van der Waals surface area contributed by atoms with E-state index in [-0.39, 0.29) is 5.91 Å². The van der Waals surface area contributed by atoms with Crippen molar-refractivity contribution in [2.24, 2.45) is 5.41 Å². The van der Waals surface area contributed by atoms with Gasteiger partial charge in [0.05, 0.1) is 16.1 Å². The SMILES string of the molecule is CCC(C)(C#N)C(=O)Nc1ncc(Br)s1. The molecule has 0 aliphatic carbocycles. The van der Waals surface area contributed by atoms with Crippen LogP contribution in [0.3, 0.4) is 0 Å². The lowest BCUT2D eigenvalue weighted by Gasteiger charge is -2.16. The van der Waals surface area contributed by atoms with Gasteiger partial charge < -0.3 is 5.32 Å². The minimum Gasteiger partial charge on any atom is -0.301 e. The number of hydrogen-bond acceptors (Lipinski definition) is 4. The lowest BCUT2D eigenvalue weighted by Crippen LogP contribution is -2.31. The topological polar surface area (TPSA) is 65.8 Å². The van der Waals surface area contributed by atoms with Crippen LogP contribution in [0.4, 0.5) is 5.13 Å². The molecule has 0 aromatic carbocycles. The van der Waals surface area contributed by atoms with Gasteiger partial charge in [0.25, 0.3) is 0 Å². The molecule has 0 aliphatic heterocycles. The third-order valence-corrected chi connectivity index (χ3v) is 3.54. The Morgan fingerprint density at radius 2 is 2.53 bits per heavy atom. The predicted molar refractivity (Wildman–Crippen MR) is 62.5 cm³/mol. The molecule has 1 unspecified atom stereocenters. The molecule has 0 radical (unpaired) electrons. The van der Waals surface area contributed by atoms with Crippen LogP contribution in [0.2, 0.25) is 0 Å². The Morgan fingerprint density at radius 1 is 1.87 bits per heavy atom. The summed E-state index contributed by atoms with van der Waals surface area (Å²) in [5.41, 5.74) is -0.988. The van der Waals surface area contributed by atoms with Crippen LogP contribution in [0.25, 0.3) is 0 Å². The van der Waals surface area contributed by atoms with Gasteiger partial charge in [-0.1, -0.05) is 18.3 Å². The second-order valence-corrected chi connectivity index (χ2v) is 5.63. The number of thiazole rings is 1. The first kappa shape index (κ1) is 12.1. The Balaban J connectivity index is 2.76. The fourth-order valence-corrected chi connectivity index (χ4v) is 1.94. The molecule has 1 aromatic rings. The average molecular weight is 288 g/mol. The highest BCUT2D eigenvalue weighted by Gasteiger charge is 2.31. The Bertz CT molecular complexity index is 412. The predicted octanol–water partition coefficient (Wildman–Crippen LogP) is 2.78. The quantitative estimate of drug-likeness (QED) is 0.930. The van der Waals surface area contributed by atoms with Crippen LogP contribution in [0, 0.1) is 16.7 Å². The summed E-state index contributed by atoms with van der Waals surface area (Å²) in [5.74, 6) is -0.311. The molecule has 0 spiro atoms. The minimum absolute atomic E-state index is 0.311. The molecule has 80 valence electrons. The molecule has 15 heavy (non-hydrogen) atoms. The van der Waals surface area contributed by atoms with Crippen LogP contribution in [-0.4, -0.2) is 10.9 Å². The molecule has 1 aromatic heterocycles. The molecule has 0 saturated heterocycles. The fraction of sp³-hybridized carbons (Fsp3) is 0.444. The van der Waals surface area contributed by atoms with Crippen molar-refractivity contribution in [1.29, 1.82) is 5.26 Å². The molecule has 1 N–H and O–H groups in total. The smallest absolute Gasteiger partial charge is 0.246 e. The van der Waals surface area contributed by atoms with Gasteiger partial charge in [-0.15, -0.1) is 0 Å². The zero-order valence-electron chi connectivity index (χ0n) is 8.37. The van der Waals surface area contributed by atoms with Crippen LogP contribution in [0.15, 0.2) is 9.98 Å². The van der Waals surface area contributed by atoms with Gasteiger partial charge in [-0.25, -0.2) is 4.98 Å². The van der Waals surface area contributed by atoms with Crippen molar-refractivity contribution in [2.45, 2.75) is 20.3 Å². The molecule has 6 heteroatoms. The van der Waals surface area contributed by atoms with E-state index in [4.69, 9.17) is 5.26 Å². The summed E-state index contributed by atoms with van der Waals surface area (Å²) in [6, 6.07) is 2.01. The number of nitrogens with one attached hydrogen (secondary N) is 1. The highest BCUT2D eigenvalue weighted by atomic mass is 79.9. The summed E-state index contributed by atoms with van der Waals surface area (Å²) >= 11 is 4.56. The molecule has 0 fully saturated rings. The minimum atomic E-state index is -0.988. The zero-order chi connectivity index (χ0) is 11.5.